The molecule has 1 heterocycles. The number of halogens is 1. The average Bonchev–Trinajstić information content (AvgIpc) is 2.20. The molecule has 0 bridgehead atoms. The quantitative estimate of drug-likeness (QED) is 0.752. The monoisotopic (exact) mass is 257 g/mol. The first-order valence-electron chi connectivity index (χ1n) is 5.67. The lowest BCUT2D eigenvalue weighted by atomic mass is 9.96. The van der Waals surface area contributed by atoms with E-state index in [1.54, 1.807) is 13.0 Å². The lowest BCUT2D eigenvalue weighted by Crippen LogP contribution is -2.37. The lowest BCUT2D eigenvalue weighted by Gasteiger charge is -2.25. The standard InChI is InChI=1S/C12H20ClN3O/c1-8(2)5-15-7-12(3,17)10-4-9(13)6-16-11(10)14/h4,6,8,15,17H,5,7H2,1-3H3,(H2,14,16). The minimum absolute atomic E-state index is 0.311. The Morgan fingerprint density at radius 3 is 2.82 bits per heavy atom. The Morgan fingerprint density at radius 2 is 2.24 bits per heavy atom. The second kappa shape index (κ2) is 5.67. The summed E-state index contributed by atoms with van der Waals surface area (Å²) in [5.74, 6) is 0.839. The zero-order valence-corrected chi connectivity index (χ0v) is 11.3. The van der Waals surface area contributed by atoms with Gasteiger partial charge in [-0.3, -0.25) is 0 Å². The molecule has 0 aromatic carbocycles. The third-order valence-corrected chi connectivity index (χ3v) is 2.69. The van der Waals surface area contributed by atoms with E-state index >= 15 is 0 Å². The Kier molecular flexibility index (Phi) is 4.74. The van der Waals surface area contributed by atoms with Crippen LogP contribution in [0.3, 0.4) is 0 Å². The number of hydrogen-bond donors (Lipinski definition) is 3. The minimum atomic E-state index is -1.07. The minimum Gasteiger partial charge on any atom is -0.384 e. The predicted octanol–water partition coefficient (Wildman–Crippen LogP) is 1.77. The molecule has 0 fully saturated rings. The van der Waals surface area contributed by atoms with Crippen molar-refractivity contribution in [2.45, 2.75) is 26.4 Å². The Bertz CT molecular complexity index is 380. The van der Waals surface area contributed by atoms with Crippen molar-refractivity contribution in [1.29, 1.82) is 0 Å². The van der Waals surface area contributed by atoms with Gasteiger partial charge >= 0.3 is 0 Å². The van der Waals surface area contributed by atoms with Crippen LogP contribution in [0.2, 0.25) is 5.02 Å². The molecule has 1 aromatic heterocycles. The van der Waals surface area contributed by atoms with E-state index in [-0.39, 0.29) is 0 Å². The van der Waals surface area contributed by atoms with Gasteiger partial charge in [0.1, 0.15) is 11.4 Å². The van der Waals surface area contributed by atoms with E-state index in [1.807, 2.05) is 0 Å². The van der Waals surface area contributed by atoms with Gasteiger partial charge in [0.25, 0.3) is 0 Å². The molecule has 1 atom stereocenters. The fraction of sp³-hybridized carbons (Fsp3) is 0.583. The van der Waals surface area contributed by atoms with Crippen LogP contribution in [-0.2, 0) is 5.60 Å². The first-order chi connectivity index (χ1) is 7.83. The number of anilines is 1. The molecule has 0 saturated heterocycles. The Balaban J connectivity index is 2.77. The molecule has 17 heavy (non-hydrogen) atoms. The first kappa shape index (κ1) is 14.2. The van der Waals surface area contributed by atoms with Gasteiger partial charge in [-0.05, 0) is 25.5 Å². The molecular formula is C12H20ClN3O. The van der Waals surface area contributed by atoms with Crippen LogP contribution in [0.4, 0.5) is 5.82 Å². The number of nitrogens with one attached hydrogen (secondary N) is 1. The lowest BCUT2D eigenvalue weighted by molar-refractivity contribution is 0.0569. The van der Waals surface area contributed by atoms with E-state index in [9.17, 15) is 5.11 Å². The third-order valence-electron chi connectivity index (χ3n) is 2.49. The van der Waals surface area contributed by atoms with Crippen molar-refractivity contribution in [2.75, 3.05) is 18.8 Å². The first-order valence-corrected chi connectivity index (χ1v) is 6.05. The second-order valence-corrected chi connectivity index (χ2v) is 5.32. The number of nitrogens with zero attached hydrogens (tertiary/aromatic N) is 1. The predicted molar refractivity (Wildman–Crippen MR) is 70.9 cm³/mol. The molecule has 0 saturated carbocycles. The van der Waals surface area contributed by atoms with Crippen molar-refractivity contribution in [1.82, 2.24) is 10.3 Å². The molecule has 5 heteroatoms. The number of nitrogens with two attached hydrogens (primary N) is 1. The van der Waals surface area contributed by atoms with Crippen LogP contribution in [-0.4, -0.2) is 23.2 Å². The maximum Gasteiger partial charge on any atom is 0.129 e. The zero-order chi connectivity index (χ0) is 13.1. The second-order valence-electron chi connectivity index (χ2n) is 4.88. The van der Waals surface area contributed by atoms with Gasteiger partial charge in [0.15, 0.2) is 0 Å². The summed E-state index contributed by atoms with van der Waals surface area (Å²) in [6.07, 6.45) is 1.47. The molecule has 1 unspecified atom stereocenters. The van der Waals surface area contributed by atoms with Gasteiger partial charge in [-0.15, -0.1) is 0 Å². The van der Waals surface area contributed by atoms with Gasteiger partial charge in [-0.2, -0.15) is 0 Å². The highest BCUT2D eigenvalue weighted by molar-refractivity contribution is 6.30. The SMILES string of the molecule is CC(C)CNCC(C)(O)c1cc(Cl)cnc1N. The van der Waals surface area contributed by atoms with Crippen molar-refractivity contribution in [3.8, 4) is 0 Å². The molecule has 0 aliphatic carbocycles. The molecule has 4 nitrogen and oxygen atoms in total. The molecule has 0 aliphatic rings. The van der Waals surface area contributed by atoms with Crippen LogP contribution in [0, 0.1) is 5.92 Å². The van der Waals surface area contributed by atoms with Crippen molar-refractivity contribution in [2.24, 2.45) is 5.92 Å². The van der Waals surface area contributed by atoms with Gasteiger partial charge in [0.2, 0.25) is 0 Å². The van der Waals surface area contributed by atoms with Crippen LogP contribution in [0.25, 0.3) is 0 Å². The van der Waals surface area contributed by atoms with Gasteiger partial charge in [0.05, 0.1) is 5.02 Å². The smallest absolute Gasteiger partial charge is 0.129 e. The summed E-state index contributed by atoms with van der Waals surface area (Å²) in [4.78, 5) is 3.95. The van der Waals surface area contributed by atoms with Gasteiger partial charge in [0, 0.05) is 18.3 Å². The number of hydrogen-bond acceptors (Lipinski definition) is 4. The largest absolute Gasteiger partial charge is 0.384 e. The van der Waals surface area contributed by atoms with E-state index in [0.29, 0.717) is 28.9 Å². The molecule has 1 rings (SSSR count). The Morgan fingerprint density at radius 1 is 1.59 bits per heavy atom. The number of aliphatic hydroxyl groups is 1. The third kappa shape index (κ3) is 4.15. The fourth-order valence-electron chi connectivity index (χ4n) is 1.58. The van der Waals surface area contributed by atoms with E-state index in [1.165, 1.54) is 6.20 Å². The highest BCUT2D eigenvalue weighted by atomic mass is 35.5. The van der Waals surface area contributed by atoms with Crippen molar-refractivity contribution >= 4 is 17.4 Å². The molecule has 0 radical (unpaired) electrons. The number of aromatic nitrogens is 1. The maximum absolute atomic E-state index is 10.4. The van der Waals surface area contributed by atoms with Gasteiger partial charge < -0.3 is 16.2 Å². The maximum atomic E-state index is 10.4. The van der Waals surface area contributed by atoms with Crippen molar-refractivity contribution in [3.05, 3.63) is 22.8 Å². The van der Waals surface area contributed by atoms with Gasteiger partial charge in [-0.25, -0.2) is 4.98 Å². The zero-order valence-electron chi connectivity index (χ0n) is 10.5. The van der Waals surface area contributed by atoms with E-state index in [2.05, 4.69) is 24.1 Å². The van der Waals surface area contributed by atoms with E-state index in [4.69, 9.17) is 17.3 Å². The summed E-state index contributed by atoms with van der Waals surface area (Å²) < 4.78 is 0. The highest BCUT2D eigenvalue weighted by Crippen LogP contribution is 2.26. The topological polar surface area (TPSA) is 71.2 Å². The summed E-state index contributed by atoms with van der Waals surface area (Å²) in [5.41, 5.74) is 5.23. The molecule has 96 valence electrons. The number of rotatable bonds is 5. The summed E-state index contributed by atoms with van der Waals surface area (Å²) in [5, 5.41) is 14.0. The fourth-order valence-corrected chi connectivity index (χ4v) is 1.74. The van der Waals surface area contributed by atoms with Gasteiger partial charge in [-0.1, -0.05) is 25.4 Å². The summed E-state index contributed by atoms with van der Waals surface area (Å²) in [6.45, 7) is 7.17. The van der Waals surface area contributed by atoms with E-state index < -0.39 is 5.60 Å². The summed E-state index contributed by atoms with van der Waals surface area (Å²) in [7, 11) is 0. The van der Waals surface area contributed by atoms with Crippen LogP contribution in [0.15, 0.2) is 12.3 Å². The van der Waals surface area contributed by atoms with Crippen LogP contribution in [0.1, 0.15) is 26.3 Å². The van der Waals surface area contributed by atoms with Crippen molar-refractivity contribution in [3.63, 3.8) is 0 Å². The highest BCUT2D eigenvalue weighted by Gasteiger charge is 2.26. The molecule has 0 spiro atoms. The Labute approximate surface area is 107 Å². The van der Waals surface area contributed by atoms with Crippen molar-refractivity contribution < 1.29 is 5.11 Å². The number of nitrogen functional groups attached to an aromatic ring is 1. The Hall–Kier alpha value is -0.840. The molecular weight excluding hydrogens is 238 g/mol. The average molecular weight is 258 g/mol. The molecule has 4 N–H and O–H groups in total. The summed E-state index contributed by atoms with van der Waals surface area (Å²) >= 11 is 5.86. The van der Waals surface area contributed by atoms with Crippen LogP contribution >= 0.6 is 11.6 Å². The van der Waals surface area contributed by atoms with Crippen LogP contribution in [0.5, 0.6) is 0 Å². The normalized spacial score (nSPS) is 14.9. The molecule has 1 aromatic rings. The van der Waals surface area contributed by atoms with Crippen LogP contribution < -0.4 is 11.1 Å². The number of pyridine rings is 1. The molecule has 0 amide bonds. The summed E-state index contributed by atoms with van der Waals surface area (Å²) in [6, 6.07) is 1.65. The molecule has 0 aliphatic heterocycles. The van der Waals surface area contributed by atoms with E-state index in [0.717, 1.165) is 6.54 Å².